The molecule has 0 aromatic heterocycles. The zero-order valence-electron chi connectivity index (χ0n) is 16.2. The molecule has 0 spiro atoms. The first-order chi connectivity index (χ1) is 12.3. The van der Waals surface area contributed by atoms with Crippen LogP contribution in [0.5, 0.6) is 0 Å². The van der Waals surface area contributed by atoms with Crippen molar-refractivity contribution in [3.63, 3.8) is 0 Å². The van der Waals surface area contributed by atoms with E-state index in [1.165, 1.54) is 18.4 Å². The van der Waals surface area contributed by atoms with E-state index in [9.17, 15) is 9.59 Å². The molecule has 1 saturated carbocycles. The number of rotatable bonds is 5. The van der Waals surface area contributed by atoms with Crippen LogP contribution in [-0.4, -0.2) is 28.6 Å². The molecule has 1 unspecified atom stereocenters. The first-order valence-electron chi connectivity index (χ1n) is 9.27. The Hall–Kier alpha value is -2.08. The van der Waals surface area contributed by atoms with Crippen LogP contribution in [0.25, 0.3) is 0 Å². The molecular formula is C20H30N2O4. The minimum absolute atomic E-state index is 0.161. The lowest BCUT2D eigenvalue weighted by Crippen LogP contribution is -2.53. The highest BCUT2D eigenvalue weighted by molar-refractivity contribution is 5.74. The number of benzene rings is 1. The van der Waals surface area contributed by atoms with Gasteiger partial charge in [0.25, 0.3) is 6.29 Å². The van der Waals surface area contributed by atoms with Crippen LogP contribution in [0.3, 0.4) is 0 Å². The van der Waals surface area contributed by atoms with E-state index in [1.807, 2.05) is 39.0 Å². The molecule has 6 heteroatoms. The molecular weight excluding hydrogens is 332 g/mol. The third kappa shape index (κ3) is 6.02. The summed E-state index contributed by atoms with van der Waals surface area (Å²) < 4.78 is 5.32. The Morgan fingerprint density at radius 2 is 1.73 bits per heavy atom. The van der Waals surface area contributed by atoms with Crippen LogP contribution in [0.4, 0.5) is 4.79 Å². The van der Waals surface area contributed by atoms with Crippen molar-refractivity contribution in [3.8, 4) is 0 Å². The molecule has 1 fully saturated rings. The number of esters is 1. The Morgan fingerprint density at radius 1 is 1.12 bits per heavy atom. The maximum atomic E-state index is 12.9. The van der Waals surface area contributed by atoms with E-state index < -0.39 is 17.8 Å². The highest BCUT2D eigenvalue weighted by Gasteiger charge is 2.33. The maximum absolute atomic E-state index is 12.9. The maximum Gasteiger partial charge on any atom is 0.342 e. The zero-order valence-corrected chi connectivity index (χ0v) is 16.2. The molecule has 1 aromatic carbocycles. The van der Waals surface area contributed by atoms with Crippen molar-refractivity contribution in [2.45, 2.75) is 77.7 Å². The van der Waals surface area contributed by atoms with Crippen LogP contribution in [0.15, 0.2) is 30.3 Å². The average Bonchev–Trinajstić information content (AvgIpc) is 2.58. The second-order valence-electron chi connectivity index (χ2n) is 7.71. The number of hydrogen-bond acceptors (Lipinski definition) is 4. The van der Waals surface area contributed by atoms with Gasteiger partial charge in [0.15, 0.2) is 0 Å². The summed E-state index contributed by atoms with van der Waals surface area (Å²) in [5, 5.41) is 4.34. The Bertz CT molecular complexity index is 592. The smallest absolute Gasteiger partial charge is 0.342 e. The van der Waals surface area contributed by atoms with E-state index in [1.54, 1.807) is 12.1 Å². The largest absolute Gasteiger partial charge is 0.429 e. The molecule has 6 nitrogen and oxygen atoms in total. The fourth-order valence-corrected chi connectivity index (χ4v) is 3.00. The number of nitrogens with zero attached hydrogens (tertiary/aromatic N) is 1. The number of carbonyl (C=O) groups is 2. The van der Waals surface area contributed by atoms with Crippen molar-refractivity contribution in [1.82, 2.24) is 10.4 Å². The fourth-order valence-electron chi connectivity index (χ4n) is 3.00. The molecule has 0 heterocycles. The lowest BCUT2D eigenvalue weighted by molar-refractivity contribution is -0.277. The number of nitrogens with one attached hydrogen (secondary N) is 1. The van der Waals surface area contributed by atoms with Crippen molar-refractivity contribution in [3.05, 3.63) is 35.9 Å². The Kier molecular flexibility index (Phi) is 7.03. The molecule has 26 heavy (non-hydrogen) atoms. The summed E-state index contributed by atoms with van der Waals surface area (Å²) in [6.07, 6.45) is 4.45. The summed E-state index contributed by atoms with van der Waals surface area (Å²) in [6, 6.07) is 8.98. The topological polar surface area (TPSA) is 67.9 Å². The first-order valence-corrected chi connectivity index (χ1v) is 9.27. The number of hydrogen-bond donors (Lipinski definition) is 1. The Balaban J connectivity index is 2.15. The monoisotopic (exact) mass is 362 g/mol. The molecule has 0 bridgehead atoms. The second-order valence-corrected chi connectivity index (χ2v) is 7.71. The molecule has 1 aliphatic rings. The van der Waals surface area contributed by atoms with Gasteiger partial charge >= 0.3 is 12.0 Å². The van der Waals surface area contributed by atoms with Gasteiger partial charge in [-0.1, -0.05) is 49.6 Å². The highest BCUT2D eigenvalue weighted by atomic mass is 16.8. The molecule has 2 rings (SSSR count). The fraction of sp³-hybridized carbons (Fsp3) is 0.600. The SMILES string of the molecule is CC(=O)OC(ON(C(=O)NC1CCCCC1)C(C)(C)C)c1ccccc1. The van der Waals surface area contributed by atoms with Gasteiger partial charge in [-0.15, -0.1) is 0 Å². The summed E-state index contributed by atoms with van der Waals surface area (Å²) in [5.74, 6) is -0.472. The van der Waals surface area contributed by atoms with E-state index in [-0.39, 0.29) is 12.1 Å². The normalized spacial score (nSPS) is 16.6. The van der Waals surface area contributed by atoms with Crippen molar-refractivity contribution >= 4 is 12.0 Å². The lowest BCUT2D eigenvalue weighted by Gasteiger charge is -2.37. The minimum Gasteiger partial charge on any atom is -0.429 e. The molecule has 0 saturated heterocycles. The average molecular weight is 362 g/mol. The van der Waals surface area contributed by atoms with Gasteiger partial charge in [-0.05, 0) is 33.6 Å². The van der Waals surface area contributed by atoms with Gasteiger partial charge in [-0.2, -0.15) is 5.06 Å². The van der Waals surface area contributed by atoms with Crippen molar-refractivity contribution in [2.24, 2.45) is 0 Å². The van der Waals surface area contributed by atoms with Gasteiger partial charge in [0, 0.05) is 18.5 Å². The van der Waals surface area contributed by atoms with Crippen LogP contribution in [0.2, 0.25) is 0 Å². The van der Waals surface area contributed by atoms with Crippen molar-refractivity contribution in [2.75, 3.05) is 0 Å². The number of carbonyl (C=O) groups excluding carboxylic acids is 2. The summed E-state index contributed by atoms with van der Waals surface area (Å²) in [4.78, 5) is 30.3. The number of urea groups is 1. The van der Waals surface area contributed by atoms with E-state index in [0.717, 1.165) is 25.7 Å². The van der Waals surface area contributed by atoms with E-state index in [2.05, 4.69) is 5.32 Å². The quantitative estimate of drug-likeness (QED) is 0.481. The van der Waals surface area contributed by atoms with Gasteiger partial charge in [-0.25, -0.2) is 9.63 Å². The van der Waals surface area contributed by atoms with Gasteiger partial charge in [0.05, 0.1) is 5.54 Å². The minimum atomic E-state index is -0.981. The summed E-state index contributed by atoms with van der Waals surface area (Å²) in [5.41, 5.74) is 0.0637. The first kappa shape index (κ1) is 20.2. The van der Waals surface area contributed by atoms with Gasteiger partial charge in [-0.3, -0.25) is 4.79 Å². The molecule has 1 atom stereocenters. The predicted molar refractivity (Wildman–Crippen MR) is 99.0 cm³/mol. The van der Waals surface area contributed by atoms with Gasteiger partial charge < -0.3 is 10.1 Å². The molecule has 1 aromatic rings. The van der Waals surface area contributed by atoms with E-state index in [4.69, 9.17) is 9.57 Å². The summed E-state index contributed by atoms with van der Waals surface area (Å²) >= 11 is 0. The zero-order chi connectivity index (χ0) is 19.2. The highest BCUT2D eigenvalue weighted by Crippen LogP contribution is 2.26. The molecule has 144 valence electrons. The third-order valence-electron chi connectivity index (χ3n) is 4.27. The third-order valence-corrected chi connectivity index (χ3v) is 4.27. The van der Waals surface area contributed by atoms with Crippen molar-refractivity contribution in [1.29, 1.82) is 0 Å². The Morgan fingerprint density at radius 3 is 2.27 bits per heavy atom. The van der Waals surface area contributed by atoms with E-state index in [0.29, 0.717) is 5.56 Å². The Labute approximate surface area is 155 Å². The molecule has 1 N–H and O–H groups in total. The van der Waals surface area contributed by atoms with Crippen molar-refractivity contribution < 1.29 is 19.2 Å². The van der Waals surface area contributed by atoms with Gasteiger partial charge in [0.2, 0.25) is 0 Å². The van der Waals surface area contributed by atoms with Crippen LogP contribution in [0, 0.1) is 0 Å². The molecule has 2 amide bonds. The van der Waals surface area contributed by atoms with E-state index >= 15 is 0 Å². The number of amides is 2. The molecule has 1 aliphatic carbocycles. The van der Waals surface area contributed by atoms with Crippen LogP contribution in [-0.2, 0) is 14.4 Å². The summed E-state index contributed by atoms with van der Waals surface area (Å²) in [6.45, 7) is 6.96. The number of ether oxygens (including phenoxy) is 1. The standard InChI is InChI=1S/C20H30N2O4/c1-15(23)25-18(16-11-7-5-8-12-16)26-22(20(2,3)4)19(24)21-17-13-9-6-10-14-17/h5,7-8,11-12,17-18H,6,9-10,13-14H2,1-4H3,(H,21,24). The molecule has 0 aliphatic heterocycles. The number of hydroxylamine groups is 2. The second kappa shape index (κ2) is 9.03. The van der Waals surface area contributed by atoms with Crippen LogP contribution in [0.1, 0.15) is 71.7 Å². The van der Waals surface area contributed by atoms with Crippen LogP contribution >= 0.6 is 0 Å². The lowest BCUT2D eigenvalue weighted by atomic mass is 9.96. The molecule has 0 radical (unpaired) electrons. The summed E-state index contributed by atoms with van der Waals surface area (Å²) in [7, 11) is 0. The van der Waals surface area contributed by atoms with Gasteiger partial charge in [0.1, 0.15) is 0 Å². The van der Waals surface area contributed by atoms with Crippen LogP contribution < -0.4 is 5.32 Å². The predicted octanol–water partition coefficient (Wildman–Crippen LogP) is 4.32.